The molecular weight excluding hydrogens is 273 g/mol. The second-order valence-corrected chi connectivity index (χ2v) is 5.17. The number of nitrogens with one attached hydrogen (secondary N) is 1. The third-order valence-corrected chi connectivity index (χ3v) is 3.75. The molecule has 7 heteroatoms. The zero-order valence-corrected chi connectivity index (χ0v) is 11.9. The fraction of sp³-hybridized carbons (Fsp3) is 0.357. The summed E-state index contributed by atoms with van der Waals surface area (Å²) in [5.74, 6) is 0.122. The van der Waals surface area contributed by atoms with Gasteiger partial charge in [0, 0.05) is 13.6 Å². The first-order valence-electron chi connectivity index (χ1n) is 6.77. The van der Waals surface area contributed by atoms with E-state index in [0.29, 0.717) is 18.8 Å². The molecule has 1 aromatic carbocycles. The van der Waals surface area contributed by atoms with E-state index in [-0.39, 0.29) is 17.9 Å². The molecule has 1 aliphatic heterocycles. The number of carbonyl (C=O) groups is 1. The molecule has 0 bridgehead atoms. The minimum Gasteiger partial charge on any atom is -0.317 e. The van der Waals surface area contributed by atoms with Crippen LogP contribution >= 0.6 is 0 Å². The largest absolute Gasteiger partial charge is 0.323 e. The molecule has 0 radical (unpaired) electrons. The van der Waals surface area contributed by atoms with E-state index in [1.54, 1.807) is 24.2 Å². The van der Waals surface area contributed by atoms with Crippen LogP contribution in [0.15, 0.2) is 24.4 Å². The Balaban J connectivity index is 1.79. The van der Waals surface area contributed by atoms with Crippen molar-refractivity contribution in [1.82, 2.24) is 19.9 Å². The minimum atomic E-state index is -0.281. The van der Waals surface area contributed by atoms with Crippen molar-refractivity contribution in [2.75, 3.05) is 11.9 Å². The average molecular weight is 289 g/mol. The molecule has 21 heavy (non-hydrogen) atoms. The van der Waals surface area contributed by atoms with Crippen LogP contribution in [0, 0.1) is 5.82 Å². The van der Waals surface area contributed by atoms with Crippen molar-refractivity contribution >= 4 is 11.8 Å². The van der Waals surface area contributed by atoms with E-state index in [4.69, 9.17) is 0 Å². The molecule has 1 unspecified atom stereocenters. The number of amides is 2. The van der Waals surface area contributed by atoms with E-state index >= 15 is 0 Å². The number of carbonyl (C=O) groups excluding carboxylic acids is 1. The number of hydrogen-bond donors (Lipinski definition) is 1. The third-order valence-electron chi connectivity index (χ3n) is 3.75. The van der Waals surface area contributed by atoms with Crippen molar-refractivity contribution in [3.63, 3.8) is 0 Å². The van der Waals surface area contributed by atoms with E-state index < -0.39 is 0 Å². The zero-order valence-electron chi connectivity index (χ0n) is 11.9. The van der Waals surface area contributed by atoms with Gasteiger partial charge in [-0.2, -0.15) is 0 Å². The molecule has 3 rings (SSSR count). The van der Waals surface area contributed by atoms with Crippen LogP contribution in [0.3, 0.4) is 0 Å². The molecule has 0 saturated heterocycles. The van der Waals surface area contributed by atoms with Crippen LogP contribution in [-0.2, 0) is 13.5 Å². The molecule has 2 aromatic rings. The van der Waals surface area contributed by atoms with Crippen LogP contribution in [0.4, 0.5) is 15.0 Å². The van der Waals surface area contributed by atoms with Crippen molar-refractivity contribution in [2.45, 2.75) is 19.4 Å². The Morgan fingerprint density at radius 3 is 3.00 bits per heavy atom. The van der Waals surface area contributed by atoms with Crippen molar-refractivity contribution in [1.29, 1.82) is 0 Å². The average Bonchev–Trinajstić information content (AvgIpc) is 2.85. The number of aryl methyl sites for hydroxylation is 1. The monoisotopic (exact) mass is 289 g/mol. The van der Waals surface area contributed by atoms with Crippen molar-refractivity contribution in [2.24, 2.45) is 7.05 Å². The van der Waals surface area contributed by atoms with Crippen LogP contribution in [0.25, 0.3) is 0 Å². The molecule has 1 atom stereocenters. The lowest BCUT2D eigenvalue weighted by Gasteiger charge is -2.35. The Labute approximate surface area is 121 Å². The van der Waals surface area contributed by atoms with Crippen molar-refractivity contribution < 1.29 is 9.18 Å². The molecule has 0 aliphatic carbocycles. The Bertz CT molecular complexity index is 684. The highest BCUT2D eigenvalue weighted by Crippen LogP contribution is 2.30. The maximum Gasteiger partial charge on any atom is 0.323 e. The first kappa shape index (κ1) is 13.5. The van der Waals surface area contributed by atoms with Gasteiger partial charge in [-0.05, 0) is 36.6 Å². The molecular formula is C14H16FN5O. The molecule has 0 fully saturated rings. The summed E-state index contributed by atoms with van der Waals surface area (Å²) in [4.78, 5) is 14.0. The minimum absolute atomic E-state index is 0.180. The van der Waals surface area contributed by atoms with Gasteiger partial charge in [0.1, 0.15) is 5.82 Å². The van der Waals surface area contributed by atoms with E-state index in [2.05, 4.69) is 15.6 Å². The maximum atomic E-state index is 13.4. The number of benzene rings is 1. The zero-order chi connectivity index (χ0) is 15.0. The molecule has 2 heterocycles. The van der Waals surface area contributed by atoms with Crippen molar-refractivity contribution in [3.8, 4) is 0 Å². The lowest BCUT2D eigenvalue weighted by Crippen LogP contribution is -2.41. The van der Waals surface area contributed by atoms with Gasteiger partial charge in [-0.1, -0.05) is 11.3 Å². The molecule has 2 amide bonds. The van der Waals surface area contributed by atoms with Gasteiger partial charge in [-0.25, -0.2) is 9.18 Å². The molecule has 0 saturated carbocycles. The lowest BCUT2D eigenvalue weighted by atomic mass is 9.94. The molecule has 110 valence electrons. The van der Waals surface area contributed by atoms with Gasteiger partial charge in [0.25, 0.3) is 0 Å². The summed E-state index contributed by atoms with van der Waals surface area (Å²) in [5.41, 5.74) is 1.95. The third kappa shape index (κ3) is 2.58. The highest BCUT2D eigenvalue weighted by atomic mass is 19.1. The number of rotatable bonds is 1. The summed E-state index contributed by atoms with van der Waals surface area (Å²) in [6.07, 6.45) is 2.34. The molecule has 1 aromatic heterocycles. The summed E-state index contributed by atoms with van der Waals surface area (Å²) in [6, 6.07) is 4.32. The van der Waals surface area contributed by atoms with E-state index in [1.807, 2.05) is 6.92 Å². The van der Waals surface area contributed by atoms with Gasteiger partial charge in [0.2, 0.25) is 0 Å². The summed E-state index contributed by atoms with van der Waals surface area (Å²) >= 11 is 0. The fourth-order valence-electron chi connectivity index (χ4n) is 2.65. The number of aromatic nitrogens is 3. The highest BCUT2D eigenvalue weighted by molar-refractivity contribution is 5.88. The van der Waals surface area contributed by atoms with Gasteiger partial charge in [-0.3, -0.25) is 10.00 Å². The Morgan fingerprint density at radius 2 is 2.29 bits per heavy atom. The van der Waals surface area contributed by atoms with Gasteiger partial charge in [0.15, 0.2) is 5.82 Å². The number of halogens is 1. The molecule has 1 N–H and O–H groups in total. The summed E-state index contributed by atoms with van der Waals surface area (Å²) < 4.78 is 14.9. The Kier molecular flexibility index (Phi) is 3.32. The van der Waals surface area contributed by atoms with Crippen LogP contribution in [0.2, 0.25) is 0 Å². The standard InChI is InChI=1S/C14H16FN5O/c1-9-12-7-11(15)4-3-10(12)5-6-20(9)14(21)16-13-8-19(2)18-17-13/h3-4,7-9H,5-6H2,1-2H3,(H,16,21). The predicted octanol–water partition coefficient (Wildman–Crippen LogP) is 2.11. The highest BCUT2D eigenvalue weighted by Gasteiger charge is 2.28. The lowest BCUT2D eigenvalue weighted by molar-refractivity contribution is 0.188. The van der Waals surface area contributed by atoms with Gasteiger partial charge in [0.05, 0.1) is 12.2 Å². The number of nitrogens with zero attached hydrogens (tertiary/aromatic N) is 4. The smallest absolute Gasteiger partial charge is 0.317 e. The summed E-state index contributed by atoms with van der Waals surface area (Å²) in [5, 5.41) is 10.3. The molecule has 6 nitrogen and oxygen atoms in total. The van der Waals surface area contributed by atoms with Crippen LogP contribution in [-0.4, -0.2) is 32.5 Å². The van der Waals surface area contributed by atoms with Crippen LogP contribution < -0.4 is 5.32 Å². The summed E-state index contributed by atoms with van der Waals surface area (Å²) in [7, 11) is 1.73. The Hall–Kier alpha value is -2.44. The fourth-order valence-corrected chi connectivity index (χ4v) is 2.65. The van der Waals surface area contributed by atoms with E-state index in [1.165, 1.54) is 16.8 Å². The number of hydrogen-bond acceptors (Lipinski definition) is 3. The summed E-state index contributed by atoms with van der Waals surface area (Å²) in [6.45, 7) is 2.49. The number of urea groups is 1. The number of anilines is 1. The van der Waals surface area contributed by atoms with Crippen LogP contribution in [0.5, 0.6) is 0 Å². The SMILES string of the molecule is CC1c2cc(F)ccc2CCN1C(=O)Nc1cn(C)nn1. The second-order valence-electron chi connectivity index (χ2n) is 5.17. The molecule has 0 spiro atoms. The second kappa shape index (κ2) is 5.16. The van der Waals surface area contributed by atoms with Crippen LogP contribution in [0.1, 0.15) is 24.1 Å². The first-order valence-corrected chi connectivity index (χ1v) is 6.77. The molecule has 1 aliphatic rings. The van der Waals surface area contributed by atoms with Crippen molar-refractivity contribution in [3.05, 3.63) is 41.3 Å². The quantitative estimate of drug-likeness (QED) is 0.874. The maximum absolute atomic E-state index is 13.4. The van der Waals surface area contributed by atoms with Gasteiger partial charge in [-0.15, -0.1) is 5.10 Å². The predicted molar refractivity (Wildman–Crippen MR) is 75.2 cm³/mol. The Morgan fingerprint density at radius 1 is 1.48 bits per heavy atom. The van der Waals surface area contributed by atoms with E-state index in [0.717, 1.165) is 11.1 Å². The normalized spacial score (nSPS) is 17.5. The first-order chi connectivity index (χ1) is 10.0. The number of fused-ring (bicyclic) bond motifs is 1. The topological polar surface area (TPSA) is 63.1 Å². The van der Waals surface area contributed by atoms with E-state index in [9.17, 15) is 9.18 Å². The van der Waals surface area contributed by atoms with Gasteiger partial charge < -0.3 is 4.90 Å². The van der Waals surface area contributed by atoms with Gasteiger partial charge >= 0.3 is 6.03 Å².